The first-order valence-electron chi connectivity index (χ1n) is 13.1. The van der Waals surface area contributed by atoms with Crippen LogP contribution in [0.15, 0.2) is 91.0 Å². The molecule has 0 unspecified atom stereocenters. The molecule has 0 N–H and O–H groups in total. The maximum atomic E-state index is 9.79. The lowest BCUT2D eigenvalue weighted by Crippen LogP contribution is -1.94. The average Bonchev–Trinajstić information content (AvgIpc) is 3.57. The lowest BCUT2D eigenvalue weighted by atomic mass is 9.91. The van der Waals surface area contributed by atoms with Gasteiger partial charge in [0.15, 0.2) is 0 Å². The number of para-hydroxylation sites is 1. The fourth-order valence-electron chi connectivity index (χ4n) is 5.55. The maximum absolute atomic E-state index is 9.79. The van der Waals surface area contributed by atoms with E-state index in [2.05, 4.69) is 28.6 Å². The predicted octanol–water partition coefficient (Wildman–Crippen LogP) is 7.88. The minimum absolute atomic E-state index is 0.263. The number of fused-ring (bicyclic) bond motifs is 5. The highest BCUT2D eigenvalue weighted by molar-refractivity contribution is 7.00. The zero-order valence-electron chi connectivity index (χ0n) is 22.2. The second-order valence-corrected chi connectivity index (χ2v) is 10.4. The van der Waals surface area contributed by atoms with E-state index in [9.17, 15) is 21.0 Å². The molecule has 0 aliphatic carbocycles. The molecule has 8 heteroatoms. The number of rotatable bonds is 3. The van der Waals surface area contributed by atoms with Crippen LogP contribution in [0.5, 0.6) is 0 Å². The lowest BCUT2D eigenvalue weighted by Gasteiger charge is -2.14. The SMILES string of the molecule is N#Cc1cccc(-c2cc3c(-c4ccc(-c5c(C#N)cc(C#N)cc5C#N)cc4)nc4ccccc4c3c3nsnc23)c1. The molecule has 43 heavy (non-hydrogen) atoms. The minimum Gasteiger partial charge on any atom is -0.247 e. The van der Waals surface area contributed by atoms with Gasteiger partial charge in [0.05, 0.1) is 69.5 Å². The van der Waals surface area contributed by atoms with E-state index in [1.165, 1.54) is 12.1 Å². The molecule has 0 saturated heterocycles. The molecule has 5 aromatic carbocycles. The van der Waals surface area contributed by atoms with Crippen LogP contribution in [0.25, 0.3) is 66.2 Å². The topological polar surface area (TPSA) is 134 Å². The van der Waals surface area contributed by atoms with Crippen molar-refractivity contribution in [3.63, 3.8) is 0 Å². The molecule has 7 aromatic rings. The Morgan fingerprint density at radius 2 is 1.26 bits per heavy atom. The summed E-state index contributed by atoms with van der Waals surface area (Å²) in [4.78, 5) is 5.09. The van der Waals surface area contributed by atoms with Crippen LogP contribution >= 0.6 is 11.7 Å². The number of hydrogen-bond acceptors (Lipinski definition) is 8. The first-order valence-corrected chi connectivity index (χ1v) is 13.8. The number of nitriles is 4. The van der Waals surface area contributed by atoms with E-state index >= 15 is 0 Å². The van der Waals surface area contributed by atoms with E-state index in [1.54, 1.807) is 6.07 Å². The Bertz CT molecular complexity index is 2410. The van der Waals surface area contributed by atoms with E-state index in [0.717, 1.165) is 66.8 Å². The van der Waals surface area contributed by atoms with E-state index in [4.69, 9.17) is 9.36 Å². The van der Waals surface area contributed by atoms with Crippen LogP contribution < -0.4 is 0 Å². The monoisotopic (exact) mass is 565 g/mol. The smallest absolute Gasteiger partial charge is 0.114 e. The molecule has 0 spiro atoms. The largest absolute Gasteiger partial charge is 0.247 e. The third-order valence-electron chi connectivity index (χ3n) is 7.46. The van der Waals surface area contributed by atoms with Crippen LogP contribution in [0, 0.1) is 45.3 Å². The second kappa shape index (κ2) is 10.2. The van der Waals surface area contributed by atoms with Gasteiger partial charge in [-0.1, -0.05) is 54.6 Å². The summed E-state index contributed by atoms with van der Waals surface area (Å²) in [5, 5.41) is 41.2. The van der Waals surface area contributed by atoms with Crippen LogP contribution in [0.2, 0.25) is 0 Å². The summed E-state index contributed by atoms with van der Waals surface area (Å²) in [6.07, 6.45) is 0. The van der Waals surface area contributed by atoms with Crippen LogP contribution in [-0.2, 0) is 0 Å². The summed E-state index contributed by atoms with van der Waals surface area (Å²) in [6, 6.07) is 36.5. The van der Waals surface area contributed by atoms with Crippen LogP contribution in [-0.4, -0.2) is 13.7 Å². The van der Waals surface area contributed by atoms with Crippen molar-refractivity contribution in [1.82, 2.24) is 13.7 Å². The first-order chi connectivity index (χ1) is 21.1. The summed E-state index contributed by atoms with van der Waals surface area (Å²) in [5.74, 6) is 0. The molecule has 196 valence electrons. The Labute approximate surface area is 249 Å². The second-order valence-electron chi connectivity index (χ2n) is 9.84. The van der Waals surface area contributed by atoms with Crippen molar-refractivity contribution in [2.75, 3.05) is 0 Å². The van der Waals surface area contributed by atoms with Crippen molar-refractivity contribution in [1.29, 1.82) is 21.0 Å². The standard InChI is InChI=1S/C35H15N7S/c36-16-20-4-3-5-24(12-20)28-15-29-32(35-34(28)41-43-42-35)27-6-1-2-7-30(27)40-33(29)23-10-8-22(9-11-23)31-25(18-38)13-21(17-37)14-26(31)19-39/h1-15H. The van der Waals surface area contributed by atoms with Gasteiger partial charge in [0.25, 0.3) is 0 Å². The quantitative estimate of drug-likeness (QED) is 0.199. The number of nitrogens with zero attached hydrogens (tertiary/aromatic N) is 7. The molecule has 0 fully saturated rings. The van der Waals surface area contributed by atoms with Gasteiger partial charge in [-0.25, -0.2) is 4.98 Å². The Hall–Kier alpha value is -6.45. The molecule has 0 radical (unpaired) electrons. The summed E-state index contributed by atoms with van der Waals surface area (Å²) >= 11 is 1.15. The fraction of sp³-hybridized carbons (Fsp3) is 0. The molecule has 0 saturated carbocycles. The highest BCUT2D eigenvalue weighted by Crippen LogP contribution is 2.41. The highest BCUT2D eigenvalue weighted by atomic mass is 32.1. The number of aromatic nitrogens is 3. The summed E-state index contributed by atoms with van der Waals surface area (Å²) in [6.45, 7) is 0. The number of hydrogen-bond donors (Lipinski definition) is 0. The molecular weight excluding hydrogens is 551 g/mol. The Morgan fingerprint density at radius 3 is 1.98 bits per heavy atom. The van der Waals surface area contributed by atoms with E-state index in [1.807, 2.05) is 72.8 Å². The Morgan fingerprint density at radius 1 is 0.558 bits per heavy atom. The zero-order chi connectivity index (χ0) is 29.5. The van der Waals surface area contributed by atoms with Crippen LogP contribution in [0.3, 0.4) is 0 Å². The fourth-order valence-corrected chi connectivity index (χ4v) is 6.12. The van der Waals surface area contributed by atoms with E-state index < -0.39 is 0 Å². The first kappa shape index (κ1) is 25.5. The van der Waals surface area contributed by atoms with Crippen LogP contribution in [0.4, 0.5) is 0 Å². The van der Waals surface area contributed by atoms with Gasteiger partial charge in [-0.15, -0.1) is 0 Å². The van der Waals surface area contributed by atoms with Gasteiger partial charge in [0.2, 0.25) is 0 Å². The molecular formula is C35H15N7S. The predicted molar refractivity (Wildman–Crippen MR) is 165 cm³/mol. The molecule has 0 amide bonds. The number of benzene rings is 5. The van der Waals surface area contributed by atoms with Gasteiger partial charge in [0, 0.05) is 32.8 Å². The van der Waals surface area contributed by atoms with Gasteiger partial charge in [-0.2, -0.15) is 29.8 Å². The Balaban J connectivity index is 1.50. The van der Waals surface area contributed by atoms with E-state index in [-0.39, 0.29) is 16.7 Å². The Kier molecular flexibility index (Phi) is 6.04. The van der Waals surface area contributed by atoms with Crippen LogP contribution in [0.1, 0.15) is 22.3 Å². The van der Waals surface area contributed by atoms with Crippen molar-refractivity contribution in [2.24, 2.45) is 0 Å². The highest BCUT2D eigenvalue weighted by Gasteiger charge is 2.20. The van der Waals surface area contributed by atoms with Gasteiger partial charge >= 0.3 is 0 Å². The molecule has 7 nitrogen and oxygen atoms in total. The molecule has 0 aliphatic rings. The summed E-state index contributed by atoms with van der Waals surface area (Å²) in [7, 11) is 0. The van der Waals surface area contributed by atoms with Gasteiger partial charge in [0.1, 0.15) is 11.0 Å². The lowest BCUT2D eigenvalue weighted by molar-refractivity contribution is 1.40. The van der Waals surface area contributed by atoms with Crippen molar-refractivity contribution in [3.8, 4) is 57.8 Å². The van der Waals surface area contributed by atoms with Crippen molar-refractivity contribution < 1.29 is 0 Å². The van der Waals surface area contributed by atoms with Crippen molar-refractivity contribution in [3.05, 3.63) is 113 Å². The van der Waals surface area contributed by atoms with E-state index in [0.29, 0.717) is 16.7 Å². The van der Waals surface area contributed by atoms with Crippen molar-refractivity contribution in [2.45, 2.75) is 0 Å². The van der Waals surface area contributed by atoms with Gasteiger partial charge in [-0.3, -0.25) is 0 Å². The maximum Gasteiger partial charge on any atom is 0.114 e. The van der Waals surface area contributed by atoms with Crippen molar-refractivity contribution >= 4 is 44.4 Å². The molecule has 0 bridgehead atoms. The third kappa shape index (κ3) is 4.12. The normalized spacial score (nSPS) is 10.7. The third-order valence-corrected chi connectivity index (χ3v) is 7.99. The van der Waals surface area contributed by atoms with Gasteiger partial charge < -0.3 is 0 Å². The number of pyridine rings is 1. The average molecular weight is 566 g/mol. The summed E-state index contributed by atoms with van der Waals surface area (Å²) in [5.41, 5.74) is 8.17. The minimum atomic E-state index is 0.263. The molecule has 0 atom stereocenters. The molecule has 2 aromatic heterocycles. The molecule has 2 heterocycles. The molecule has 7 rings (SSSR count). The van der Waals surface area contributed by atoms with Gasteiger partial charge in [-0.05, 0) is 47.5 Å². The summed E-state index contributed by atoms with van der Waals surface area (Å²) < 4.78 is 9.37. The zero-order valence-corrected chi connectivity index (χ0v) is 23.0. The molecule has 0 aliphatic heterocycles.